The highest BCUT2D eigenvalue weighted by atomic mass is 16.7. The molecule has 2 heterocycles. The third-order valence-electron chi connectivity index (χ3n) is 7.78. The Hall–Kier alpha value is -8.16. The fourth-order valence-corrected chi connectivity index (χ4v) is 5.49. The van der Waals surface area contributed by atoms with E-state index in [-0.39, 0.29) is 47.8 Å². The number of rotatable bonds is 9. The van der Waals surface area contributed by atoms with Crippen molar-refractivity contribution in [3.8, 4) is 11.5 Å². The highest BCUT2D eigenvalue weighted by Gasteiger charge is 2.20. The molecule has 2 aromatic rings. The molecule has 1 aromatic carbocycles. The van der Waals surface area contributed by atoms with Crippen LogP contribution < -0.4 is 52.3 Å². The Balaban J connectivity index is 0.888. The van der Waals surface area contributed by atoms with Crippen LogP contribution in [0.1, 0.15) is 38.3 Å². The maximum absolute atomic E-state index is 12.6. The second-order valence-corrected chi connectivity index (χ2v) is 12.6. The first-order chi connectivity index (χ1) is 27.8. The summed E-state index contributed by atoms with van der Waals surface area (Å²) in [6, 6.07) is 5.86. The highest BCUT2D eigenvalue weighted by molar-refractivity contribution is 5.98. The van der Waals surface area contributed by atoms with Crippen molar-refractivity contribution in [3.63, 3.8) is 0 Å². The lowest BCUT2D eigenvalue weighted by Gasteiger charge is -2.16. The average Bonchev–Trinajstić information content (AvgIpc) is 3.75. The summed E-state index contributed by atoms with van der Waals surface area (Å²) in [6.45, 7) is 7.21. The molecule has 6 rings (SSSR count). The Morgan fingerprint density at radius 1 is 0.741 bits per heavy atom. The number of alkyl carbamates (subject to hydrolysis) is 1. The number of hydrogen-bond donors (Lipinski definition) is 8. The molecule has 0 spiro atoms. The molecule has 8 N–H and O–H groups in total. The number of ether oxygens (including phenoxy) is 4. The van der Waals surface area contributed by atoms with Crippen molar-refractivity contribution in [2.24, 2.45) is 4.99 Å². The van der Waals surface area contributed by atoms with Crippen LogP contribution in [-0.4, -0.2) is 46.3 Å². The van der Waals surface area contributed by atoms with Crippen molar-refractivity contribution in [2.75, 3.05) is 5.32 Å². The molecule has 0 unspecified atom stereocenters. The van der Waals surface area contributed by atoms with Crippen LogP contribution in [0.3, 0.4) is 0 Å². The normalized spacial score (nSPS) is 15.5. The predicted octanol–water partition coefficient (Wildman–Crippen LogP) is 4.81. The van der Waals surface area contributed by atoms with E-state index in [9.17, 15) is 28.8 Å². The Morgan fingerprint density at radius 2 is 1.36 bits per heavy atom. The molecule has 4 aliphatic rings. The first kappa shape index (κ1) is 39.5. The van der Waals surface area contributed by atoms with E-state index in [1.54, 1.807) is 50.3 Å². The van der Waals surface area contributed by atoms with Crippen molar-refractivity contribution < 1.29 is 42.9 Å². The van der Waals surface area contributed by atoms with Crippen molar-refractivity contribution in [2.45, 2.75) is 39.5 Å². The van der Waals surface area contributed by atoms with Crippen molar-refractivity contribution in [3.05, 3.63) is 141 Å². The maximum atomic E-state index is 12.6. The van der Waals surface area contributed by atoms with Gasteiger partial charge in [0.05, 0.1) is 5.70 Å². The first-order valence-corrected chi connectivity index (χ1v) is 17.4. The molecule has 298 valence electrons. The molecule has 3 aliphatic carbocycles. The minimum Gasteiger partial charge on any atom is -0.410 e. The number of allylic oxidation sites excluding steroid dienone is 9. The SMILES string of the molecule is C=C1C=C(C)NC(NC(=O)NC2=CC=C(NC(=O)Oc3cccc(OC(=O)OC4=CC(OC(=O)NC5=CC=C(NC(=O)Nc6nc(=O)cc(C)[nH]6)C5)=CCC4)c3)C2)=N1. The van der Waals surface area contributed by atoms with Crippen molar-refractivity contribution in [1.29, 1.82) is 0 Å². The van der Waals surface area contributed by atoms with Gasteiger partial charge in [0, 0.05) is 71.7 Å². The van der Waals surface area contributed by atoms with E-state index in [4.69, 9.17) is 18.9 Å². The number of urea groups is 2. The van der Waals surface area contributed by atoms with E-state index in [0.29, 0.717) is 47.0 Å². The van der Waals surface area contributed by atoms with Crippen LogP contribution in [0.2, 0.25) is 0 Å². The number of hydrogen-bond acceptors (Lipinski definition) is 13. The zero-order chi connectivity index (χ0) is 41.2. The molecule has 0 saturated carbocycles. The number of aliphatic imine (C=N–C) groups is 1. The van der Waals surface area contributed by atoms with Crippen molar-refractivity contribution in [1.82, 2.24) is 41.9 Å². The van der Waals surface area contributed by atoms with Crippen LogP contribution in [0.4, 0.5) is 29.9 Å². The third kappa shape index (κ3) is 11.9. The third-order valence-corrected chi connectivity index (χ3v) is 7.78. The number of H-pyrrole nitrogens is 1. The number of amides is 6. The second kappa shape index (κ2) is 18.0. The second-order valence-electron chi connectivity index (χ2n) is 12.6. The van der Waals surface area contributed by atoms with Gasteiger partial charge in [-0.1, -0.05) is 12.6 Å². The van der Waals surface area contributed by atoms with Crippen LogP contribution in [0.5, 0.6) is 11.5 Å². The van der Waals surface area contributed by atoms with Gasteiger partial charge in [0.25, 0.3) is 5.56 Å². The Morgan fingerprint density at radius 3 is 2.02 bits per heavy atom. The van der Waals surface area contributed by atoms with Gasteiger partial charge in [-0.05, 0) is 68.9 Å². The van der Waals surface area contributed by atoms with E-state index in [0.717, 1.165) is 5.70 Å². The monoisotopic (exact) mass is 792 g/mol. The number of carbonyl (C=O) groups is 5. The summed E-state index contributed by atoms with van der Waals surface area (Å²) >= 11 is 0. The lowest BCUT2D eigenvalue weighted by Crippen LogP contribution is -2.45. The average molecular weight is 793 g/mol. The van der Waals surface area contributed by atoms with E-state index in [1.807, 2.05) is 0 Å². The zero-order valence-corrected chi connectivity index (χ0v) is 30.9. The molecule has 0 radical (unpaired) electrons. The minimum absolute atomic E-state index is 0.0154. The van der Waals surface area contributed by atoms with Crippen LogP contribution in [0.15, 0.2) is 135 Å². The molecule has 0 saturated heterocycles. The summed E-state index contributed by atoms with van der Waals surface area (Å²) in [7, 11) is 0. The minimum atomic E-state index is -1.08. The Bertz CT molecular complexity index is 2400. The first-order valence-electron chi connectivity index (χ1n) is 17.4. The lowest BCUT2D eigenvalue weighted by molar-refractivity contribution is 0.122. The summed E-state index contributed by atoms with van der Waals surface area (Å²) < 4.78 is 21.3. The van der Waals surface area contributed by atoms with E-state index in [2.05, 4.69) is 58.8 Å². The molecule has 6 amide bonds. The number of nitrogens with one attached hydrogen (secondary N) is 8. The van der Waals surface area contributed by atoms with Gasteiger partial charge in [0.15, 0.2) is 0 Å². The summed E-state index contributed by atoms with van der Waals surface area (Å²) in [5.41, 5.74) is 3.15. The number of carbonyl (C=O) groups excluding carboxylic acids is 5. The van der Waals surface area contributed by atoms with Gasteiger partial charge < -0.3 is 39.9 Å². The standard InChI is InChI=1S/C38H36N10O10/c1-20-14-21(2)40-32(39-20)47-34(50)42-23-10-12-25(16-23)44-36(52)55-27-6-4-8-29(18-27)57-38(54)58-30-9-5-7-28(19-30)56-37(53)45-26-13-11-24(17-26)43-35(51)48-33-41-22(3)15-31(49)46-33/h4,6-8,10-15,18-19H,1,5,9,16-17H2,2-3H3,(H,44,52)(H,45,53)(H3,39,40,42,47,50)(H3,41,43,46,48,49,51). The Kier molecular flexibility index (Phi) is 12.3. The van der Waals surface area contributed by atoms with Crippen LogP contribution in [0, 0.1) is 6.92 Å². The fraction of sp³-hybridized carbons (Fsp3) is 0.158. The van der Waals surface area contributed by atoms with Gasteiger partial charge in [0.2, 0.25) is 11.9 Å². The van der Waals surface area contributed by atoms with Crippen molar-refractivity contribution >= 4 is 42.3 Å². The summed E-state index contributed by atoms with van der Waals surface area (Å²) in [5.74, 6) is 0.603. The molecule has 20 nitrogen and oxygen atoms in total. The fourth-order valence-electron chi connectivity index (χ4n) is 5.49. The van der Waals surface area contributed by atoms with Gasteiger partial charge in [-0.2, -0.15) is 4.98 Å². The topological polar surface area (TPSA) is 265 Å². The number of anilines is 1. The van der Waals surface area contributed by atoms with Gasteiger partial charge in [-0.15, -0.1) is 0 Å². The number of benzene rings is 1. The molecule has 1 aromatic heterocycles. The molecule has 1 aliphatic heterocycles. The largest absolute Gasteiger partial charge is 0.519 e. The van der Waals surface area contributed by atoms with Gasteiger partial charge >= 0.3 is 30.4 Å². The summed E-state index contributed by atoms with van der Waals surface area (Å²) in [4.78, 5) is 84.6. The highest BCUT2D eigenvalue weighted by Crippen LogP contribution is 2.24. The molecular formula is C38H36N10O10. The quantitative estimate of drug-likeness (QED) is 0.126. The lowest BCUT2D eigenvalue weighted by atomic mass is 10.1. The molecule has 0 bridgehead atoms. The van der Waals surface area contributed by atoms with Crippen LogP contribution in [-0.2, 0) is 9.47 Å². The Labute approximate surface area is 329 Å². The van der Waals surface area contributed by atoms with E-state index < -0.39 is 36.0 Å². The van der Waals surface area contributed by atoms with Gasteiger partial charge in [-0.25, -0.2) is 29.0 Å². The predicted molar refractivity (Wildman–Crippen MR) is 206 cm³/mol. The number of nitrogens with zero attached hydrogens (tertiary/aromatic N) is 2. The number of aromatic amines is 1. The number of guanidine groups is 1. The van der Waals surface area contributed by atoms with Gasteiger partial charge in [0.1, 0.15) is 23.0 Å². The van der Waals surface area contributed by atoms with Gasteiger partial charge in [-0.3, -0.25) is 26.1 Å². The molecular weight excluding hydrogens is 756 g/mol. The zero-order valence-electron chi connectivity index (χ0n) is 30.9. The summed E-state index contributed by atoms with van der Waals surface area (Å²) in [5, 5.41) is 18.4. The molecule has 0 atom stereocenters. The van der Waals surface area contributed by atoms with E-state index >= 15 is 0 Å². The van der Waals surface area contributed by atoms with E-state index in [1.165, 1.54) is 36.4 Å². The number of aryl methyl sites for hydroxylation is 1. The van der Waals surface area contributed by atoms with Crippen LogP contribution >= 0.6 is 0 Å². The van der Waals surface area contributed by atoms with Crippen LogP contribution in [0.25, 0.3) is 0 Å². The smallest absolute Gasteiger partial charge is 0.410 e. The summed E-state index contributed by atoms with van der Waals surface area (Å²) in [6.07, 6.45) is 9.51. The number of aromatic nitrogens is 2. The molecule has 20 heteroatoms. The molecule has 58 heavy (non-hydrogen) atoms. The maximum Gasteiger partial charge on any atom is 0.519 e. The molecule has 0 fully saturated rings.